The van der Waals surface area contributed by atoms with Gasteiger partial charge < -0.3 is 5.32 Å². The number of hydrogen-bond acceptors (Lipinski definition) is 5. The van der Waals surface area contributed by atoms with Crippen molar-refractivity contribution in [2.45, 2.75) is 75.4 Å². The molecule has 2 heterocycles. The first-order valence-electron chi connectivity index (χ1n) is 11.7. The summed E-state index contributed by atoms with van der Waals surface area (Å²) >= 11 is 2.96. The predicted molar refractivity (Wildman–Crippen MR) is 133 cm³/mol. The molecule has 3 aromatic rings. The molecular formula is C25H29N3O2S2. The highest BCUT2D eigenvalue weighted by Crippen LogP contribution is 2.44. The van der Waals surface area contributed by atoms with Crippen molar-refractivity contribution in [1.29, 1.82) is 0 Å². The van der Waals surface area contributed by atoms with Gasteiger partial charge in [-0.3, -0.25) is 14.2 Å². The number of rotatable bonds is 7. The van der Waals surface area contributed by atoms with Gasteiger partial charge in [-0.1, -0.05) is 50.1 Å². The van der Waals surface area contributed by atoms with Crippen molar-refractivity contribution in [2.75, 3.05) is 11.1 Å². The number of carbonyl (C=O) groups is 1. The van der Waals surface area contributed by atoms with Crippen molar-refractivity contribution in [3.8, 4) is 0 Å². The van der Waals surface area contributed by atoms with Gasteiger partial charge in [0.1, 0.15) is 4.83 Å². The lowest BCUT2D eigenvalue weighted by atomic mass is 9.95. The van der Waals surface area contributed by atoms with E-state index < -0.39 is 0 Å². The van der Waals surface area contributed by atoms with Crippen LogP contribution in [-0.2, 0) is 11.2 Å². The van der Waals surface area contributed by atoms with Gasteiger partial charge in [0.15, 0.2) is 5.16 Å². The van der Waals surface area contributed by atoms with Crippen LogP contribution in [0.25, 0.3) is 10.2 Å². The number of amides is 1. The largest absolute Gasteiger partial charge is 0.325 e. The van der Waals surface area contributed by atoms with Crippen LogP contribution in [0.5, 0.6) is 0 Å². The van der Waals surface area contributed by atoms with Gasteiger partial charge in [0.2, 0.25) is 5.91 Å². The summed E-state index contributed by atoms with van der Waals surface area (Å²) in [5.41, 5.74) is 3.30. The smallest absolute Gasteiger partial charge is 0.263 e. The Kier molecular flexibility index (Phi) is 6.37. The second-order valence-electron chi connectivity index (χ2n) is 8.90. The Morgan fingerprint density at radius 2 is 2.03 bits per heavy atom. The molecule has 7 heteroatoms. The normalized spacial score (nSPS) is 17.0. The number of anilines is 1. The molecule has 0 atom stereocenters. The summed E-state index contributed by atoms with van der Waals surface area (Å²) in [5, 5.41) is 6.64. The molecule has 5 nitrogen and oxygen atoms in total. The number of benzene rings is 1. The molecule has 2 aliphatic carbocycles. The molecule has 168 valence electrons. The highest BCUT2D eigenvalue weighted by Gasteiger charge is 2.30. The molecule has 2 fully saturated rings. The minimum atomic E-state index is -0.0716. The molecular weight excluding hydrogens is 438 g/mol. The van der Waals surface area contributed by atoms with E-state index >= 15 is 0 Å². The fraction of sp³-hybridized carbons (Fsp3) is 0.480. The third-order valence-corrected chi connectivity index (χ3v) is 8.39. The standard InChI is InChI=1S/C25H29N3O2S2/c1-2-16-7-6-8-18(13-16)26-21(29)15-32-25-27-23-22(20(14-31-23)17-11-12-17)24(30)28(25)19-9-4-3-5-10-19/h6-8,13-14,17,19H,2-5,9-12,15H2,1H3,(H,26,29). The summed E-state index contributed by atoms with van der Waals surface area (Å²) in [7, 11) is 0. The van der Waals surface area contributed by atoms with Crippen molar-refractivity contribution in [1.82, 2.24) is 9.55 Å². The third kappa shape index (κ3) is 4.50. The maximum absolute atomic E-state index is 13.7. The SMILES string of the molecule is CCc1cccc(NC(=O)CSc2nc3scc(C4CC4)c3c(=O)n2C2CCCCC2)c1. The van der Waals surface area contributed by atoms with E-state index in [1.54, 1.807) is 11.3 Å². The number of nitrogens with zero attached hydrogens (tertiary/aromatic N) is 2. The monoisotopic (exact) mass is 467 g/mol. The van der Waals surface area contributed by atoms with E-state index in [9.17, 15) is 9.59 Å². The van der Waals surface area contributed by atoms with Gasteiger partial charge in [-0.15, -0.1) is 11.3 Å². The van der Waals surface area contributed by atoms with Crippen LogP contribution in [0.4, 0.5) is 5.69 Å². The first-order valence-corrected chi connectivity index (χ1v) is 13.6. The van der Waals surface area contributed by atoms with Gasteiger partial charge in [0, 0.05) is 11.7 Å². The number of carbonyl (C=O) groups excluding carboxylic acids is 1. The van der Waals surface area contributed by atoms with Crippen LogP contribution in [0.1, 0.15) is 75.0 Å². The maximum atomic E-state index is 13.7. The summed E-state index contributed by atoms with van der Waals surface area (Å²) in [6, 6.07) is 8.13. The predicted octanol–water partition coefficient (Wildman–Crippen LogP) is 6.13. The molecule has 1 aromatic carbocycles. The van der Waals surface area contributed by atoms with Crippen LogP contribution in [0.15, 0.2) is 39.6 Å². The minimum Gasteiger partial charge on any atom is -0.325 e. The highest BCUT2D eigenvalue weighted by atomic mass is 32.2. The Bertz CT molecular complexity index is 1190. The van der Waals surface area contributed by atoms with Gasteiger partial charge in [-0.2, -0.15) is 0 Å². The van der Waals surface area contributed by atoms with E-state index in [1.165, 1.54) is 42.2 Å². The van der Waals surface area contributed by atoms with Crippen molar-refractivity contribution in [3.63, 3.8) is 0 Å². The summed E-state index contributed by atoms with van der Waals surface area (Å²) in [6.45, 7) is 2.10. The van der Waals surface area contributed by atoms with Crippen LogP contribution < -0.4 is 10.9 Å². The van der Waals surface area contributed by atoms with Crippen LogP contribution >= 0.6 is 23.1 Å². The lowest BCUT2D eigenvalue weighted by molar-refractivity contribution is -0.113. The quantitative estimate of drug-likeness (QED) is 0.335. The topological polar surface area (TPSA) is 64.0 Å². The van der Waals surface area contributed by atoms with Crippen molar-refractivity contribution in [2.24, 2.45) is 0 Å². The van der Waals surface area contributed by atoms with Crippen molar-refractivity contribution in [3.05, 3.63) is 51.1 Å². The molecule has 2 saturated carbocycles. The molecule has 0 bridgehead atoms. The zero-order valence-electron chi connectivity index (χ0n) is 18.4. The number of thiophene rings is 1. The van der Waals surface area contributed by atoms with E-state index in [0.717, 1.165) is 48.0 Å². The Labute approximate surface area is 196 Å². The number of nitrogens with one attached hydrogen (secondary N) is 1. The second kappa shape index (κ2) is 9.40. The van der Waals surface area contributed by atoms with Gasteiger partial charge >= 0.3 is 0 Å². The van der Waals surface area contributed by atoms with E-state index in [1.807, 2.05) is 22.8 Å². The van der Waals surface area contributed by atoms with E-state index in [4.69, 9.17) is 4.98 Å². The number of aryl methyl sites for hydroxylation is 1. The van der Waals surface area contributed by atoms with Gasteiger partial charge in [0.05, 0.1) is 11.1 Å². The molecule has 1 N–H and O–H groups in total. The first kappa shape index (κ1) is 21.7. The van der Waals surface area contributed by atoms with E-state index in [2.05, 4.69) is 23.7 Å². The fourth-order valence-corrected chi connectivity index (χ4v) is 6.59. The van der Waals surface area contributed by atoms with Crippen molar-refractivity contribution < 1.29 is 4.79 Å². The fourth-order valence-electron chi connectivity index (χ4n) is 4.66. The molecule has 0 unspecified atom stereocenters. The first-order chi connectivity index (χ1) is 15.6. The Balaban J connectivity index is 1.42. The third-order valence-electron chi connectivity index (χ3n) is 6.54. The van der Waals surface area contributed by atoms with E-state index in [-0.39, 0.29) is 23.3 Å². The van der Waals surface area contributed by atoms with Crippen LogP contribution in [-0.4, -0.2) is 21.2 Å². The molecule has 32 heavy (non-hydrogen) atoms. The van der Waals surface area contributed by atoms with Gasteiger partial charge in [0.25, 0.3) is 5.56 Å². The highest BCUT2D eigenvalue weighted by molar-refractivity contribution is 7.99. The van der Waals surface area contributed by atoms with Crippen LogP contribution in [0.3, 0.4) is 0 Å². The Morgan fingerprint density at radius 3 is 2.78 bits per heavy atom. The summed E-state index contributed by atoms with van der Waals surface area (Å²) < 4.78 is 1.93. The summed E-state index contributed by atoms with van der Waals surface area (Å²) in [5.74, 6) is 0.695. The lowest BCUT2D eigenvalue weighted by Gasteiger charge is -2.26. The molecule has 0 spiro atoms. The molecule has 0 saturated heterocycles. The number of aromatic nitrogens is 2. The van der Waals surface area contributed by atoms with E-state index in [0.29, 0.717) is 11.1 Å². The molecule has 5 rings (SSSR count). The zero-order chi connectivity index (χ0) is 22.1. The minimum absolute atomic E-state index is 0.0716. The van der Waals surface area contributed by atoms with Crippen molar-refractivity contribution >= 4 is 44.9 Å². The molecule has 1 amide bonds. The number of hydrogen-bond donors (Lipinski definition) is 1. The number of thioether (sulfide) groups is 1. The maximum Gasteiger partial charge on any atom is 0.263 e. The molecule has 0 radical (unpaired) electrons. The van der Waals surface area contributed by atoms with Crippen LogP contribution in [0.2, 0.25) is 0 Å². The average molecular weight is 468 g/mol. The summed E-state index contributed by atoms with van der Waals surface area (Å²) in [4.78, 5) is 32.1. The second-order valence-corrected chi connectivity index (χ2v) is 10.7. The average Bonchev–Trinajstić information content (AvgIpc) is 3.57. The van der Waals surface area contributed by atoms with Crippen LogP contribution in [0, 0.1) is 0 Å². The van der Waals surface area contributed by atoms with Gasteiger partial charge in [-0.25, -0.2) is 4.98 Å². The molecule has 2 aliphatic rings. The Morgan fingerprint density at radius 1 is 1.22 bits per heavy atom. The molecule has 0 aliphatic heterocycles. The Hall–Kier alpha value is -2.12. The number of fused-ring (bicyclic) bond motifs is 1. The zero-order valence-corrected chi connectivity index (χ0v) is 20.1. The lowest BCUT2D eigenvalue weighted by Crippen LogP contribution is -2.29. The summed E-state index contributed by atoms with van der Waals surface area (Å²) in [6.07, 6.45) is 8.82. The van der Waals surface area contributed by atoms with Gasteiger partial charge in [-0.05, 0) is 66.7 Å². The molecule has 2 aromatic heterocycles.